The van der Waals surface area contributed by atoms with E-state index < -0.39 is 6.30 Å². The van der Waals surface area contributed by atoms with E-state index in [-0.39, 0.29) is 5.75 Å². The van der Waals surface area contributed by atoms with E-state index in [0.29, 0.717) is 0 Å². The summed E-state index contributed by atoms with van der Waals surface area (Å²) in [5.41, 5.74) is 4.55. The third kappa shape index (κ3) is 4.24. The summed E-state index contributed by atoms with van der Waals surface area (Å²) in [6, 6.07) is 0. The van der Waals surface area contributed by atoms with Gasteiger partial charge in [0.1, 0.15) is 0 Å². The second-order valence-electron chi connectivity index (χ2n) is 0.699. The maximum atomic E-state index is 11.1. The van der Waals surface area contributed by atoms with Gasteiger partial charge in [0.2, 0.25) is 0 Å². The first-order valence-corrected chi connectivity index (χ1v) is 1.91. The van der Waals surface area contributed by atoms with Gasteiger partial charge in [-0.25, -0.2) is 4.39 Å². The molecule has 3 heteroatoms. The lowest BCUT2D eigenvalue weighted by Gasteiger charge is -1.86. The van der Waals surface area contributed by atoms with Crippen LogP contribution < -0.4 is 5.73 Å². The summed E-state index contributed by atoms with van der Waals surface area (Å²) >= 11 is 3.52. The Morgan fingerprint density at radius 3 is 2.20 bits per heavy atom. The fourth-order valence-electron chi connectivity index (χ4n) is 0. The molecule has 32 valence electrons. The van der Waals surface area contributed by atoms with E-state index in [1.807, 2.05) is 0 Å². The zero-order valence-corrected chi connectivity index (χ0v) is 3.58. The van der Waals surface area contributed by atoms with Gasteiger partial charge in [0.15, 0.2) is 6.30 Å². The van der Waals surface area contributed by atoms with Crippen molar-refractivity contribution in [1.29, 1.82) is 0 Å². The number of rotatable bonds is 1. The highest BCUT2D eigenvalue weighted by Crippen LogP contribution is 1.79. The van der Waals surface area contributed by atoms with Gasteiger partial charge in [-0.2, -0.15) is 12.6 Å². The first-order valence-electron chi connectivity index (χ1n) is 1.28. The van der Waals surface area contributed by atoms with Crippen molar-refractivity contribution in [1.82, 2.24) is 0 Å². The van der Waals surface area contributed by atoms with Gasteiger partial charge in [0, 0.05) is 5.75 Å². The standard InChI is InChI=1S/C2H6FNS/c3-2(4)1-5/h2,5H,1,4H2. The lowest BCUT2D eigenvalue weighted by atomic mass is 10.8. The minimum absolute atomic E-state index is 0.111. The molecule has 0 aromatic rings. The van der Waals surface area contributed by atoms with Crippen molar-refractivity contribution in [3.63, 3.8) is 0 Å². The van der Waals surface area contributed by atoms with Crippen molar-refractivity contribution < 1.29 is 4.39 Å². The Hall–Kier alpha value is 0.240. The van der Waals surface area contributed by atoms with Crippen molar-refractivity contribution >= 4 is 12.6 Å². The van der Waals surface area contributed by atoms with Crippen molar-refractivity contribution in [3.8, 4) is 0 Å². The molecule has 1 nitrogen and oxygen atoms in total. The van der Waals surface area contributed by atoms with Gasteiger partial charge < -0.3 is 5.73 Å². The van der Waals surface area contributed by atoms with Crippen LogP contribution in [0.15, 0.2) is 0 Å². The number of halogens is 1. The highest BCUT2D eigenvalue weighted by Gasteiger charge is 1.86. The van der Waals surface area contributed by atoms with Gasteiger partial charge in [-0.3, -0.25) is 0 Å². The van der Waals surface area contributed by atoms with Gasteiger partial charge in [-0.15, -0.1) is 0 Å². The molecule has 0 bridgehead atoms. The maximum absolute atomic E-state index is 11.1. The maximum Gasteiger partial charge on any atom is 0.157 e. The van der Waals surface area contributed by atoms with E-state index >= 15 is 0 Å². The molecule has 0 aromatic carbocycles. The summed E-state index contributed by atoms with van der Waals surface area (Å²) in [6.07, 6.45) is -1.25. The van der Waals surface area contributed by atoms with Crippen molar-refractivity contribution in [2.45, 2.75) is 6.30 Å². The van der Waals surface area contributed by atoms with Gasteiger partial charge in [-0.05, 0) is 0 Å². The van der Waals surface area contributed by atoms with Gasteiger partial charge in [0.05, 0.1) is 0 Å². The van der Waals surface area contributed by atoms with E-state index in [2.05, 4.69) is 18.4 Å². The Morgan fingerprint density at radius 2 is 2.20 bits per heavy atom. The van der Waals surface area contributed by atoms with Crippen LogP contribution in [-0.4, -0.2) is 12.0 Å². The van der Waals surface area contributed by atoms with Crippen molar-refractivity contribution in [2.75, 3.05) is 5.75 Å². The Morgan fingerprint density at radius 1 is 2.00 bits per heavy atom. The first-order chi connectivity index (χ1) is 2.27. The SMILES string of the molecule is NC(F)CS. The van der Waals surface area contributed by atoms with Crippen molar-refractivity contribution in [2.24, 2.45) is 5.73 Å². The van der Waals surface area contributed by atoms with Crippen molar-refractivity contribution in [3.05, 3.63) is 0 Å². The molecular weight excluding hydrogens is 89.1 g/mol. The Kier molecular flexibility index (Phi) is 2.59. The molecule has 1 unspecified atom stereocenters. The topological polar surface area (TPSA) is 26.0 Å². The van der Waals surface area contributed by atoms with E-state index in [0.717, 1.165) is 0 Å². The molecule has 0 rings (SSSR count). The molecule has 0 amide bonds. The molecule has 0 spiro atoms. The van der Waals surface area contributed by atoms with Crippen LogP contribution in [0.2, 0.25) is 0 Å². The van der Waals surface area contributed by atoms with Crippen LogP contribution >= 0.6 is 12.6 Å². The smallest absolute Gasteiger partial charge is 0.157 e. The summed E-state index contributed by atoms with van der Waals surface area (Å²) in [5.74, 6) is 0.111. The highest BCUT2D eigenvalue weighted by molar-refractivity contribution is 7.80. The molecule has 0 aliphatic rings. The van der Waals surface area contributed by atoms with Gasteiger partial charge in [0.25, 0.3) is 0 Å². The highest BCUT2D eigenvalue weighted by atomic mass is 32.1. The van der Waals surface area contributed by atoms with E-state index in [1.165, 1.54) is 0 Å². The van der Waals surface area contributed by atoms with E-state index in [1.54, 1.807) is 0 Å². The number of alkyl halides is 1. The second-order valence-corrected chi connectivity index (χ2v) is 1.06. The summed E-state index contributed by atoms with van der Waals surface area (Å²) in [5, 5.41) is 0. The summed E-state index contributed by atoms with van der Waals surface area (Å²) in [4.78, 5) is 0. The Labute approximate surface area is 35.8 Å². The van der Waals surface area contributed by atoms with Crippen LogP contribution in [-0.2, 0) is 0 Å². The predicted molar refractivity (Wildman–Crippen MR) is 22.9 cm³/mol. The molecule has 0 saturated carbocycles. The van der Waals surface area contributed by atoms with Gasteiger partial charge in [-0.1, -0.05) is 0 Å². The van der Waals surface area contributed by atoms with Crippen LogP contribution in [0.3, 0.4) is 0 Å². The predicted octanol–water partition coefficient (Wildman–Crippen LogP) is 0.171. The molecule has 0 aliphatic heterocycles. The molecule has 0 aliphatic carbocycles. The minimum atomic E-state index is -1.25. The second kappa shape index (κ2) is 2.48. The zero-order chi connectivity index (χ0) is 4.28. The minimum Gasteiger partial charge on any atom is -0.301 e. The fraction of sp³-hybridized carbons (Fsp3) is 1.00. The summed E-state index contributed by atoms with van der Waals surface area (Å²) in [6.45, 7) is 0. The number of nitrogens with two attached hydrogens (primary N) is 1. The molecule has 0 radical (unpaired) electrons. The van der Waals surface area contributed by atoms with Crippen LogP contribution in [0.1, 0.15) is 0 Å². The van der Waals surface area contributed by atoms with E-state index in [4.69, 9.17) is 0 Å². The molecule has 0 saturated heterocycles. The fourth-order valence-corrected chi connectivity index (χ4v) is 0. The normalized spacial score (nSPS) is 15.0. The molecule has 0 aromatic heterocycles. The average molecular weight is 95.1 g/mol. The third-order valence-corrected chi connectivity index (χ3v) is 0.523. The molecule has 1 atom stereocenters. The number of thiol groups is 1. The van der Waals surface area contributed by atoms with Crippen LogP contribution in [0.4, 0.5) is 4.39 Å². The molecule has 0 fully saturated rings. The monoisotopic (exact) mass is 95.0 g/mol. The average Bonchev–Trinajstić information content (AvgIpc) is 1.38. The molecule has 0 heterocycles. The van der Waals surface area contributed by atoms with E-state index in [9.17, 15) is 4.39 Å². The summed E-state index contributed by atoms with van der Waals surface area (Å²) in [7, 11) is 0. The zero-order valence-electron chi connectivity index (χ0n) is 2.69. The molecule has 2 N–H and O–H groups in total. The lowest BCUT2D eigenvalue weighted by molar-refractivity contribution is 0.380. The molecule has 5 heavy (non-hydrogen) atoms. The Balaban J connectivity index is 2.54. The Bertz CT molecular complexity index is 23.6. The van der Waals surface area contributed by atoms with Crippen LogP contribution in [0, 0.1) is 0 Å². The number of hydrogen-bond donors (Lipinski definition) is 2. The third-order valence-electron chi connectivity index (χ3n) is 0.174. The quantitative estimate of drug-likeness (QED) is 0.352. The molecular formula is C2H6FNS. The lowest BCUT2D eigenvalue weighted by Crippen LogP contribution is -2.13. The van der Waals surface area contributed by atoms with Gasteiger partial charge >= 0.3 is 0 Å². The van der Waals surface area contributed by atoms with Crippen LogP contribution in [0.5, 0.6) is 0 Å². The first kappa shape index (κ1) is 5.24. The summed E-state index contributed by atoms with van der Waals surface area (Å²) < 4.78 is 11.1. The number of hydrogen-bond acceptors (Lipinski definition) is 2. The largest absolute Gasteiger partial charge is 0.301 e. The van der Waals surface area contributed by atoms with Crippen LogP contribution in [0.25, 0.3) is 0 Å².